The van der Waals surface area contributed by atoms with Crippen molar-refractivity contribution in [2.45, 2.75) is 0 Å². The first-order valence-corrected chi connectivity index (χ1v) is 17.6. The van der Waals surface area contributed by atoms with Crippen LogP contribution in [-0.4, -0.2) is 4.40 Å². The summed E-state index contributed by atoms with van der Waals surface area (Å²) >= 11 is 1.93. The van der Waals surface area contributed by atoms with Crippen molar-refractivity contribution in [2.24, 2.45) is 0 Å². The number of rotatable bonds is 4. The van der Waals surface area contributed by atoms with E-state index in [0.717, 1.165) is 17.1 Å². The smallest absolute Gasteiger partial charge is 0.0728 e. The molecule has 3 heteroatoms. The van der Waals surface area contributed by atoms with E-state index >= 15 is 0 Å². The van der Waals surface area contributed by atoms with Crippen LogP contribution in [0, 0.1) is 0 Å². The third-order valence-corrected chi connectivity index (χ3v) is 11.4. The molecule has 3 heterocycles. The molecule has 228 valence electrons. The number of hydrogen-bond donors (Lipinski definition) is 0. The van der Waals surface area contributed by atoms with Gasteiger partial charge in [-0.15, -0.1) is 11.3 Å². The van der Waals surface area contributed by atoms with E-state index in [-0.39, 0.29) is 0 Å². The molecule has 0 atom stereocenters. The number of benzene rings is 8. The van der Waals surface area contributed by atoms with Gasteiger partial charge in [0.1, 0.15) is 0 Å². The Morgan fingerprint density at radius 3 is 1.90 bits per heavy atom. The Balaban J connectivity index is 1.12. The molecule has 0 aliphatic heterocycles. The summed E-state index contributed by atoms with van der Waals surface area (Å²) in [6.07, 6.45) is 0. The molecular weight excluding hydrogens is 613 g/mol. The van der Waals surface area contributed by atoms with Crippen molar-refractivity contribution in [1.82, 2.24) is 4.40 Å². The van der Waals surface area contributed by atoms with Crippen molar-refractivity contribution in [1.29, 1.82) is 0 Å². The lowest BCUT2D eigenvalue weighted by Gasteiger charge is -2.26. The normalized spacial score (nSPS) is 12.1. The maximum atomic E-state index is 2.54. The van der Waals surface area contributed by atoms with E-state index in [1.807, 2.05) is 11.3 Å². The van der Waals surface area contributed by atoms with Gasteiger partial charge in [0.25, 0.3) is 0 Å². The molecule has 3 aromatic heterocycles. The zero-order chi connectivity index (χ0) is 32.1. The molecule has 0 bridgehead atoms. The standard InChI is InChI=1S/C46H28N2S/c1-3-14-34(15-4-1)47(35-16-5-2-6-17-35)36-18-11-13-29(25-36)30-22-23-31-28-42-39(27-33(31)24-30)45-46(49-42)40-26-32-12-7-8-19-37(32)43-38-20-9-10-21-41(38)48(45)44(40)43/h1-28H. The minimum atomic E-state index is 1.13. The molecule has 0 N–H and O–H groups in total. The first-order valence-electron chi connectivity index (χ1n) is 16.8. The number of anilines is 3. The summed E-state index contributed by atoms with van der Waals surface area (Å²) < 4.78 is 5.25. The molecule has 0 fully saturated rings. The predicted octanol–water partition coefficient (Wildman–Crippen LogP) is 13.5. The van der Waals surface area contributed by atoms with Gasteiger partial charge in [-0.1, -0.05) is 103 Å². The highest BCUT2D eigenvalue weighted by Gasteiger charge is 2.23. The molecule has 0 saturated carbocycles. The highest BCUT2D eigenvalue weighted by molar-refractivity contribution is 7.26. The molecule has 8 aromatic carbocycles. The Morgan fingerprint density at radius 2 is 1.08 bits per heavy atom. The van der Waals surface area contributed by atoms with Crippen molar-refractivity contribution in [2.75, 3.05) is 4.90 Å². The minimum absolute atomic E-state index is 1.13. The van der Waals surface area contributed by atoms with Gasteiger partial charge in [-0.3, -0.25) is 0 Å². The van der Waals surface area contributed by atoms with E-state index in [4.69, 9.17) is 0 Å². The first-order chi connectivity index (χ1) is 24.3. The number of aromatic nitrogens is 1. The fourth-order valence-electron chi connectivity index (χ4n) is 8.08. The van der Waals surface area contributed by atoms with Crippen molar-refractivity contribution >= 4 is 97.4 Å². The van der Waals surface area contributed by atoms with Crippen molar-refractivity contribution in [3.05, 3.63) is 170 Å². The summed E-state index contributed by atoms with van der Waals surface area (Å²) in [5.41, 5.74) is 9.77. The summed E-state index contributed by atoms with van der Waals surface area (Å²) in [7, 11) is 0. The molecule has 0 aliphatic carbocycles. The topological polar surface area (TPSA) is 7.65 Å². The van der Waals surface area contributed by atoms with Gasteiger partial charge in [0.2, 0.25) is 0 Å². The number of thiophene rings is 1. The van der Waals surface area contributed by atoms with Gasteiger partial charge in [0, 0.05) is 43.3 Å². The molecule has 0 spiro atoms. The fraction of sp³-hybridized carbons (Fsp3) is 0. The Kier molecular flexibility index (Phi) is 5.57. The van der Waals surface area contributed by atoms with Crippen LogP contribution in [0.1, 0.15) is 0 Å². The van der Waals surface area contributed by atoms with E-state index in [0.29, 0.717) is 0 Å². The molecule has 0 unspecified atom stereocenters. The van der Waals surface area contributed by atoms with Crippen molar-refractivity contribution in [3.8, 4) is 11.1 Å². The number of nitrogens with zero attached hydrogens (tertiary/aromatic N) is 2. The van der Waals surface area contributed by atoms with E-state index in [2.05, 4.69) is 179 Å². The second kappa shape index (κ2) is 10.2. The molecule has 2 nitrogen and oxygen atoms in total. The Hall–Kier alpha value is -6.16. The largest absolute Gasteiger partial charge is 0.310 e. The molecule has 11 aromatic rings. The third-order valence-electron chi connectivity index (χ3n) is 10.2. The van der Waals surface area contributed by atoms with E-state index in [1.54, 1.807) is 0 Å². The van der Waals surface area contributed by atoms with Gasteiger partial charge in [-0.2, -0.15) is 0 Å². The Bertz CT molecular complexity index is 3000. The summed E-state index contributed by atoms with van der Waals surface area (Å²) in [5, 5.41) is 10.5. The molecule has 0 saturated heterocycles. The highest BCUT2D eigenvalue weighted by Crippen LogP contribution is 2.48. The molecule has 0 aliphatic rings. The van der Waals surface area contributed by atoms with Crippen LogP contribution in [0.3, 0.4) is 0 Å². The van der Waals surface area contributed by atoms with Crippen molar-refractivity contribution < 1.29 is 0 Å². The summed E-state index contributed by atoms with van der Waals surface area (Å²) in [6.45, 7) is 0. The van der Waals surface area contributed by atoms with E-state index < -0.39 is 0 Å². The second-order valence-electron chi connectivity index (χ2n) is 13.0. The van der Waals surface area contributed by atoms with E-state index in [1.165, 1.54) is 80.2 Å². The first kappa shape index (κ1) is 26.9. The lowest BCUT2D eigenvalue weighted by atomic mass is 9.99. The van der Waals surface area contributed by atoms with Crippen molar-refractivity contribution in [3.63, 3.8) is 0 Å². The lowest BCUT2D eigenvalue weighted by molar-refractivity contribution is 1.28. The third kappa shape index (κ3) is 3.88. The molecule has 0 amide bonds. The quantitative estimate of drug-likeness (QED) is 0.186. The van der Waals surface area contributed by atoms with Gasteiger partial charge in [-0.25, -0.2) is 0 Å². The second-order valence-corrected chi connectivity index (χ2v) is 14.0. The fourth-order valence-corrected chi connectivity index (χ4v) is 9.32. The Labute approximate surface area is 286 Å². The maximum absolute atomic E-state index is 2.54. The lowest BCUT2D eigenvalue weighted by Crippen LogP contribution is -2.09. The van der Waals surface area contributed by atoms with Crippen LogP contribution < -0.4 is 4.90 Å². The van der Waals surface area contributed by atoms with Crippen LogP contribution in [0.15, 0.2) is 170 Å². The minimum Gasteiger partial charge on any atom is -0.310 e. The number of fused-ring (bicyclic) bond motifs is 11. The zero-order valence-electron chi connectivity index (χ0n) is 26.5. The monoisotopic (exact) mass is 640 g/mol. The van der Waals surface area contributed by atoms with Gasteiger partial charge < -0.3 is 9.30 Å². The SMILES string of the molecule is c1ccc(N(c2ccccc2)c2cccc(-c3ccc4cc5sc6c7cc8ccccc8c8c9ccccc9n(c6c5cc4c3)c78)c2)cc1. The van der Waals surface area contributed by atoms with Crippen LogP contribution in [0.4, 0.5) is 17.1 Å². The molecule has 11 rings (SSSR count). The number of hydrogen-bond acceptors (Lipinski definition) is 2. The zero-order valence-corrected chi connectivity index (χ0v) is 27.3. The summed E-state index contributed by atoms with van der Waals surface area (Å²) in [4.78, 5) is 2.33. The van der Waals surface area contributed by atoms with Crippen LogP contribution in [0.25, 0.3) is 80.2 Å². The van der Waals surface area contributed by atoms with Gasteiger partial charge in [0.15, 0.2) is 0 Å². The van der Waals surface area contributed by atoms with Gasteiger partial charge in [0.05, 0.1) is 21.3 Å². The summed E-state index contributed by atoms with van der Waals surface area (Å²) in [5.74, 6) is 0. The van der Waals surface area contributed by atoms with Crippen LogP contribution in [-0.2, 0) is 0 Å². The maximum Gasteiger partial charge on any atom is 0.0728 e. The molecular formula is C46H28N2S. The number of para-hydroxylation sites is 3. The molecule has 0 radical (unpaired) electrons. The summed E-state index contributed by atoms with van der Waals surface area (Å²) in [6, 6.07) is 62.1. The van der Waals surface area contributed by atoms with E-state index in [9.17, 15) is 0 Å². The van der Waals surface area contributed by atoms with Crippen LogP contribution in [0.5, 0.6) is 0 Å². The predicted molar refractivity (Wildman–Crippen MR) is 212 cm³/mol. The van der Waals surface area contributed by atoms with Gasteiger partial charge in [-0.05, 0) is 99.4 Å². The molecule has 49 heavy (non-hydrogen) atoms. The highest BCUT2D eigenvalue weighted by atomic mass is 32.1. The average Bonchev–Trinajstić information content (AvgIpc) is 3.80. The Morgan fingerprint density at radius 1 is 0.408 bits per heavy atom. The van der Waals surface area contributed by atoms with Crippen LogP contribution >= 0.6 is 11.3 Å². The average molecular weight is 641 g/mol. The van der Waals surface area contributed by atoms with Gasteiger partial charge >= 0.3 is 0 Å². The van der Waals surface area contributed by atoms with Crippen LogP contribution in [0.2, 0.25) is 0 Å².